The normalized spacial score (nSPS) is 0. The second-order valence-corrected chi connectivity index (χ2v) is 0. The van der Waals surface area contributed by atoms with E-state index < -0.39 is 0 Å². The Morgan fingerprint density at radius 3 is 0.800 bits per heavy atom. The molecule has 4 heteroatoms. The summed E-state index contributed by atoms with van der Waals surface area (Å²) in [6.45, 7) is 0. The Morgan fingerprint density at radius 1 is 0.800 bits per heavy atom. The van der Waals surface area contributed by atoms with E-state index in [1.807, 2.05) is 0 Å². The second-order valence-electron chi connectivity index (χ2n) is 0. The summed E-state index contributed by atoms with van der Waals surface area (Å²) in [5.74, 6) is 0. The van der Waals surface area contributed by atoms with Crippen molar-refractivity contribution >= 4 is 60.8 Å². The van der Waals surface area contributed by atoms with E-state index in [1.165, 1.54) is 0 Å². The Labute approximate surface area is 78.1 Å². The summed E-state index contributed by atoms with van der Waals surface area (Å²) >= 11 is 0. The smallest absolute Gasteiger partial charge is 0.316 e. The minimum Gasteiger partial charge on any atom is -0.412 e. The maximum Gasteiger partial charge on any atom is 0.316 e. The Morgan fingerprint density at radius 2 is 0.800 bits per heavy atom. The van der Waals surface area contributed by atoms with Gasteiger partial charge >= 0.3 is 23.1 Å². The van der Waals surface area contributed by atoms with Gasteiger partial charge in [0.2, 0.25) is 0 Å². The van der Waals surface area contributed by atoms with E-state index in [1.54, 1.807) is 0 Å². The van der Waals surface area contributed by atoms with Crippen LogP contribution in [0.5, 0.6) is 0 Å². The topological polar surface area (TPSA) is 63.0 Å². The van der Waals surface area contributed by atoms with Crippen LogP contribution in [0.2, 0.25) is 0 Å². The van der Waals surface area contributed by atoms with Crippen LogP contribution in [0.1, 0.15) is 7.43 Å². The van der Waals surface area contributed by atoms with Crippen LogP contribution in [-0.2, 0) is 0 Å². The third-order valence-electron chi connectivity index (χ3n) is 0. The van der Waals surface area contributed by atoms with Crippen LogP contribution in [0, 0.1) is 0 Å². The SMILES string of the molecule is C.O.O.[Ca].[MgH2]. The molecule has 0 spiro atoms. The number of hydrogen-bond donors (Lipinski definition) is 0. The predicted octanol–water partition coefficient (Wildman–Crippen LogP) is -2.31. The van der Waals surface area contributed by atoms with Gasteiger partial charge in [-0.15, -0.1) is 0 Å². The van der Waals surface area contributed by atoms with Crippen molar-refractivity contribution in [3.63, 3.8) is 0 Å². The molecule has 0 aromatic carbocycles. The fraction of sp³-hybridized carbons (Fsp3) is 1.00. The van der Waals surface area contributed by atoms with Crippen LogP contribution in [0.25, 0.3) is 0 Å². The first kappa shape index (κ1) is 64.8. The standard InChI is InChI=1S/CH4.Ca.Mg.2H2O.2H/h1H4;;;2*1H2;;. The molecule has 0 bridgehead atoms. The molecule has 0 saturated heterocycles. The molecule has 4 N–H and O–H groups in total. The van der Waals surface area contributed by atoms with E-state index in [-0.39, 0.29) is 79.2 Å². The number of rotatable bonds is 0. The zero-order valence-electron chi connectivity index (χ0n) is 1.71. The maximum atomic E-state index is 0. The van der Waals surface area contributed by atoms with E-state index in [0.29, 0.717) is 0 Å². The van der Waals surface area contributed by atoms with Crippen molar-refractivity contribution in [1.82, 2.24) is 0 Å². The van der Waals surface area contributed by atoms with Crippen LogP contribution in [-0.4, -0.2) is 71.7 Å². The van der Waals surface area contributed by atoms with Crippen molar-refractivity contribution < 1.29 is 11.0 Å². The molecule has 2 nitrogen and oxygen atoms in total. The van der Waals surface area contributed by atoms with E-state index in [0.717, 1.165) is 0 Å². The molecule has 0 aliphatic heterocycles. The molecule has 2 radical (unpaired) electrons. The largest absolute Gasteiger partial charge is 0.412 e. The molecule has 0 aliphatic carbocycles. The van der Waals surface area contributed by atoms with Gasteiger partial charge in [0.25, 0.3) is 0 Å². The van der Waals surface area contributed by atoms with Gasteiger partial charge in [-0.3, -0.25) is 0 Å². The molecule has 5 heavy (non-hydrogen) atoms. The Hall–Kier alpha value is 1.95. The van der Waals surface area contributed by atoms with Crippen LogP contribution in [0.15, 0.2) is 0 Å². The van der Waals surface area contributed by atoms with Gasteiger partial charge < -0.3 is 11.0 Å². The summed E-state index contributed by atoms with van der Waals surface area (Å²) in [4.78, 5) is 0. The Bertz CT molecular complexity index is 9.61. The Balaban J connectivity index is 0. The van der Waals surface area contributed by atoms with Crippen molar-refractivity contribution in [3.8, 4) is 0 Å². The molecule has 0 unspecified atom stereocenters. The first-order valence-corrected chi connectivity index (χ1v) is 0. The minimum atomic E-state index is 0. The van der Waals surface area contributed by atoms with Crippen molar-refractivity contribution in [2.24, 2.45) is 0 Å². The molecule has 0 aromatic rings. The zero-order chi connectivity index (χ0) is 0. The molecule has 0 amide bonds. The first-order valence-electron chi connectivity index (χ1n) is 0. The monoisotopic (exact) mass is 118 g/mol. The molecular weight excluding hydrogens is 108 g/mol. The van der Waals surface area contributed by atoms with Crippen LogP contribution in [0.3, 0.4) is 0 Å². The minimum absolute atomic E-state index is 0. The van der Waals surface area contributed by atoms with E-state index >= 15 is 0 Å². The van der Waals surface area contributed by atoms with Gasteiger partial charge in [0.1, 0.15) is 0 Å². The summed E-state index contributed by atoms with van der Waals surface area (Å²) in [5.41, 5.74) is 0. The summed E-state index contributed by atoms with van der Waals surface area (Å²) in [7, 11) is 0. The molecule has 0 saturated carbocycles. The van der Waals surface area contributed by atoms with Gasteiger partial charge in [0.15, 0.2) is 0 Å². The number of hydrogen-bond acceptors (Lipinski definition) is 0. The summed E-state index contributed by atoms with van der Waals surface area (Å²) < 4.78 is 0. The van der Waals surface area contributed by atoms with Gasteiger partial charge in [-0.1, -0.05) is 7.43 Å². The molecule has 30 valence electrons. The average molecular weight is 118 g/mol. The zero-order valence-corrected chi connectivity index (χ0v) is 3.92. The molecule has 0 heterocycles. The van der Waals surface area contributed by atoms with Gasteiger partial charge in [-0.25, -0.2) is 0 Å². The summed E-state index contributed by atoms with van der Waals surface area (Å²) in [6.07, 6.45) is 0. The van der Waals surface area contributed by atoms with Crippen LogP contribution in [0.4, 0.5) is 0 Å². The van der Waals surface area contributed by atoms with Gasteiger partial charge in [0, 0.05) is 37.7 Å². The van der Waals surface area contributed by atoms with E-state index in [4.69, 9.17) is 0 Å². The average Bonchev–Trinajstić information content (AvgIpc) is 0. The fourth-order valence-electron chi connectivity index (χ4n) is 0. The van der Waals surface area contributed by atoms with Crippen LogP contribution >= 0.6 is 0 Å². The van der Waals surface area contributed by atoms with Gasteiger partial charge in [0.05, 0.1) is 0 Å². The maximum absolute atomic E-state index is 0. The van der Waals surface area contributed by atoms with Crippen molar-refractivity contribution in [3.05, 3.63) is 0 Å². The molecule has 0 fully saturated rings. The van der Waals surface area contributed by atoms with Crippen LogP contribution < -0.4 is 0 Å². The third-order valence-corrected chi connectivity index (χ3v) is 0. The molecular formula is CH10CaMgO2. The predicted molar refractivity (Wildman–Crippen MR) is 28.3 cm³/mol. The first-order chi connectivity index (χ1) is 0. The molecule has 0 aliphatic rings. The van der Waals surface area contributed by atoms with Crippen molar-refractivity contribution in [2.75, 3.05) is 0 Å². The quantitative estimate of drug-likeness (QED) is 0.321. The molecule has 0 rings (SSSR count). The Kier molecular flexibility index (Phi) is 498. The second kappa shape index (κ2) is 38.4. The molecule has 0 aromatic heterocycles. The summed E-state index contributed by atoms with van der Waals surface area (Å²) in [6, 6.07) is 0. The van der Waals surface area contributed by atoms with E-state index in [2.05, 4.69) is 0 Å². The fourth-order valence-corrected chi connectivity index (χ4v) is 0. The summed E-state index contributed by atoms with van der Waals surface area (Å²) in [5, 5.41) is 0. The van der Waals surface area contributed by atoms with Crippen molar-refractivity contribution in [1.29, 1.82) is 0 Å². The van der Waals surface area contributed by atoms with E-state index in [9.17, 15) is 0 Å². The van der Waals surface area contributed by atoms with Gasteiger partial charge in [-0.2, -0.15) is 0 Å². The van der Waals surface area contributed by atoms with Crippen molar-refractivity contribution in [2.45, 2.75) is 7.43 Å². The third kappa shape index (κ3) is 24.4. The van der Waals surface area contributed by atoms with Gasteiger partial charge in [-0.05, 0) is 0 Å². The molecule has 0 atom stereocenters.